The molecule has 0 fully saturated rings. The van der Waals surface area contributed by atoms with Crippen LogP contribution in [-0.2, 0) is 14.4 Å². The highest BCUT2D eigenvalue weighted by atomic mass is 16.4. The first kappa shape index (κ1) is 18.3. The molecule has 2 amide bonds. The molecule has 0 spiro atoms. The summed E-state index contributed by atoms with van der Waals surface area (Å²) in [6.07, 6.45) is 1.75. The zero-order valence-electron chi connectivity index (χ0n) is 11.9. The van der Waals surface area contributed by atoms with Crippen LogP contribution < -0.4 is 22.1 Å². The Bertz CT molecular complexity index is 346. The molecule has 0 aromatic heterocycles. The van der Waals surface area contributed by atoms with Gasteiger partial charge in [-0.25, -0.2) is 0 Å². The van der Waals surface area contributed by atoms with E-state index in [1.54, 1.807) is 0 Å². The molecule has 8 heteroatoms. The van der Waals surface area contributed by atoms with Crippen LogP contribution in [-0.4, -0.2) is 47.6 Å². The summed E-state index contributed by atoms with van der Waals surface area (Å²) in [6, 6.07) is -2.56. The number of aliphatic carboxylic acids is 1. The average molecular weight is 288 g/mol. The standard InChI is InChI=1S/C12H24N4O4/c1-7(14)10(17)16-9(5-3-4-6-13)11(18)15-8(2)12(19)20/h7-9H,3-6,13-14H2,1-2H3,(H,15,18)(H,16,17)(H,19,20)/t7-,8-,9-/m0/s1. The van der Waals surface area contributed by atoms with Gasteiger partial charge in [-0.2, -0.15) is 0 Å². The van der Waals surface area contributed by atoms with Gasteiger partial charge in [0, 0.05) is 0 Å². The highest BCUT2D eigenvalue weighted by molar-refractivity contribution is 5.91. The van der Waals surface area contributed by atoms with E-state index >= 15 is 0 Å². The van der Waals surface area contributed by atoms with Crippen molar-refractivity contribution in [2.75, 3.05) is 6.54 Å². The molecule has 0 unspecified atom stereocenters. The minimum absolute atomic E-state index is 0.383. The number of rotatable bonds is 9. The normalized spacial score (nSPS) is 15.0. The van der Waals surface area contributed by atoms with Crippen molar-refractivity contribution in [3.05, 3.63) is 0 Å². The van der Waals surface area contributed by atoms with Crippen LogP contribution in [0.5, 0.6) is 0 Å². The molecule has 0 aliphatic carbocycles. The van der Waals surface area contributed by atoms with E-state index in [1.165, 1.54) is 13.8 Å². The van der Waals surface area contributed by atoms with Crippen LogP contribution in [0.15, 0.2) is 0 Å². The van der Waals surface area contributed by atoms with E-state index in [9.17, 15) is 14.4 Å². The van der Waals surface area contributed by atoms with Crippen molar-refractivity contribution < 1.29 is 19.5 Å². The van der Waals surface area contributed by atoms with Crippen molar-refractivity contribution in [2.24, 2.45) is 11.5 Å². The molecular weight excluding hydrogens is 264 g/mol. The van der Waals surface area contributed by atoms with Crippen LogP contribution in [0, 0.1) is 0 Å². The van der Waals surface area contributed by atoms with E-state index in [2.05, 4.69) is 10.6 Å². The Balaban J connectivity index is 4.60. The molecule has 8 nitrogen and oxygen atoms in total. The van der Waals surface area contributed by atoms with Gasteiger partial charge in [0.15, 0.2) is 0 Å². The van der Waals surface area contributed by atoms with Crippen molar-refractivity contribution >= 4 is 17.8 Å². The summed E-state index contributed by atoms with van der Waals surface area (Å²) in [5, 5.41) is 13.6. The van der Waals surface area contributed by atoms with Gasteiger partial charge < -0.3 is 27.2 Å². The molecule has 0 aliphatic rings. The summed E-state index contributed by atoms with van der Waals surface area (Å²) in [7, 11) is 0. The number of carboxylic acid groups (broad SMARTS) is 1. The Kier molecular flexibility index (Phi) is 8.49. The number of carboxylic acids is 1. The van der Waals surface area contributed by atoms with Gasteiger partial charge in [0.1, 0.15) is 12.1 Å². The molecule has 0 saturated heterocycles. The predicted molar refractivity (Wildman–Crippen MR) is 73.7 cm³/mol. The summed E-state index contributed by atoms with van der Waals surface area (Å²) in [5.74, 6) is -2.13. The van der Waals surface area contributed by atoms with Gasteiger partial charge in [0.25, 0.3) is 0 Å². The fourth-order valence-corrected chi connectivity index (χ4v) is 1.44. The van der Waals surface area contributed by atoms with Crippen molar-refractivity contribution in [1.82, 2.24) is 10.6 Å². The molecule has 20 heavy (non-hydrogen) atoms. The molecule has 0 bridgehead atoms. The lowest BCUT2D eigenvalue weighted by Crippen LogP contribution is -2.53. The molecule has 0 aromatic carbocycles. The minimum atomic E-state index is -1.14. The number of carbonyl (C=O) groups is 3. The summed E-state index contributed by atoms with van der Waals surface area (Å²) < 4.78 is 0. The van der Waals surface area contributed by atoms with Crippen LogP contribution in [0.4, 0.5) is 0 Å². The lowest BCUT2D eigenvalue weighted by atomic mass is 10.1. The highest BCUT2D eigenvalue weighted by Crippen LogP contribution is 2.02. The van der Waals surface area contributed by atoms with Crippen LogP contribution >= 0.6 is 0 Å². The number of amides is 2. The van der Waals surface area contributed by atoms with E-state index in [1.807, 2.05) is 0 Å². The Hall–Kier alpha value is -1.67. The first-order valence-corrected chi connectivity index (χ1v) is 6.58. The van der Waals surface area contributed by atoms with Gasteiger partial charge in [-0.05, 0) is 39.7 Å². The SMILES string of the molecule is C[C@H](N)C(=O)N[C@@H](CCCCN)C(=O)N[C@@H](C)C(=O)O. The average Bonchev–Trinajstić information content (AvgIpc) is 2.36. The molecule has 0 aromatic rings. The van der Waals surface area contributed by atoms with Gasteiger partial charge in [-0.1, -0.05) is 0 Å². The third-order valence-corrected chi connectivity index (χ3v) is 2.72. The minimum Gasteiger partial charge on any atom is -0.480 e. The molecule has 0 heterocycles. The third kappa shape index (κ3) is 7.05. The number of unbranched alkanes of at least 4 members (excludes halogenated alkanes) is 1. The first-order valence-electron chi connectivity index (χ1n) is 6.58. The number of nitrogens with one attached hydrogen (secondary N) is 2. The number of hydrogen-bond acceptors (Lipinski definition) is 5. The summed E-state index contributed by atoms with van der Waals surface area (Å²) >= 11 is 0. The quantitative estimate of drug-likeness (QED) is 0.327. The monoisotopic (exact) mass is 288 g/mol. The van der Waals surface area contributed by atoms with Gasteiger partial charge in [-0.3, -0.25) is 14.4 Å². The second-order valence-corrected chi connectivity index (χ2v) is 4.70. The maximum atomic E-state index is 11.9. The molecule has 7 N–H and O–H groups in total. The predicted octanol–water partition coefficient (Wildman–Crippen LogP) is -1.46. The van der Waals surface area contributed by atoms with Gasteiger partial charge in [0.2, 0.25) is 11.8 Å². The molecule has 0 saturated carbocycles. The fourth-order valence-electron chi connectivity index (χ4n) is 1.44. The summed E-state index contributed by atoms with van der Waals surface area (Å²) in [4.78, 5) is 34.2. The maximum absolute atomic E-state index is 11.9. The molecule has 0 rings (SSSR count). The molecule has 116 valence electrons. The van der Waals surface area contributed by atoms with Crippen LogP contribution in [0.25, 0.3) is 0 Å². The van der Waals surface area contributed by atoms with Gasteiger partial charge in [0.05, 0.1) is 6.04 Å². The Morgan fingerprint density at radius 1 is 1.10 bits per heavy atom. The molecule has 0 radical (unpaired) electrons. The summed E-state index contributed by atoms with van der Waals surface area (Å²) in [5.41, 5.74) is 10.8. The molecule has 0 aliphatic heterocycles. The van der Waals surface area contributed by atoms with Crippen molar-refractivity contribution in [2.45, 2.75) is 51.2 Å². The lowest BCUT2D eigenvalue weighted by molar-refractivity contribution is -0.141. The van der Waals surface area contributed by atoms with Gasteiger partial charge in [-0.15, -0.1) is 0 Å². The molecular formula is C12H24N4O4. The van der Waals surface area contributed by atoms with E-state index < -0.39 is 35.9 Å². The van der Waals surface area contributed by atoms with Crippen LogP contribution in [0.1, 0.15) is 33.1 Å². The van der Waals surface area contributed by atoms with Crippen LogP contribution in [0.2, 0.25) is 0 Å². The number of nitrogens with two attached hydrogens (primary N) is 2. The van der Waals surface area contributed by atoms with Gasteiger partial charge >= 0.3 is 5.97 Å². The first-order chi connectivity index (χ1) is 9.29. The Morgan fingerprint density at radius 2 is 1.70 bits per heavy atom. The van der Waals surface area contributed by atoms with Crippen molar-refractivity contribution in [1.29, 1.82) is 0 Å². The largest absolute Gasteiger partial charge is 0.480 e. The zero-order valence-corrected chi connectivity index (χ0v) is 11.9. The van der Waals surface area contributed by atoms with Crippen LogP contribution in [0.3, 0.4) is 0 Å². The fraction of sp³-hybridized carbons (Fsp3) is 0.750. The topological polar surface area (TPSA) is 148 Å². The van der Waals surface area contributed by atoms with E-state index in [0.717, 1.165) is 0 Å². The van der Waals surface area contributed by atoms with Crippen molar-refractivity contribution in [3.8, 4) is 0 Å². The van der Waals surface area contributed by atoms with Crippen molar-refractivity contribution in [3.63, 3.8) is 0 Å². The van der Waals surface area contributed by atoms with E-state index in [0.29, 0.717) is 25.8 Å². The summed E-state index contributed by atoms with van der Waals surface area (Å²) in [6.45, 7) is 3.34. The molecule has 3 atom stereocenters. The van der Waals surface area contributed by atoms with E-state index in [4.69, 9.17) is 16.6 Å². The maximum Gasteiger partial charge on any atom is 0.325 e. The highest BCUT2D eigenvalue weighted by Gasteiger charge is 2.24. The second-order valence-electron chi connectivity index (χ2n) is 4.70. The number of carbonyl (C=O) groups excluding carboxylic acids is 2. The zero-order chi connectivity index (χ0) is 15.7. The third-order valence-electron chi connectivity index (χ3n) is 2.72. The number of hydrogen-bond donors (Lipinski definition) is 5. The second kappa shape index (κ2) is 9.27. The Labute approximate surface area is 118 Å². The lowest BCUT2D eigenvalue weighted by Gasteiger charge is -2.20. The van der Waals surface area contributed by atoms with E-state index in [-0.39, 0.29) is 0 Å². The smallest absolute Gasteiger partial charge is 0.325 e. The Morgan fingerprint density at radius 3 is 2.15 bits per heavy atom.